The van der Waals surface area contributed by atoms with Crippen molar-refractivity contribution in [3.8, 4) is 0 Å². The first-order chi connectivity index (χ1) is 30.6. The molecule has 2 aliphatic heterocycles. The third-order valence-electron chi connectivity index (χ3n) is 9.59. The second-order valence-electron chi connectivity index (χ2n) is 14.5. The van der Waals surface area contributed by atoms with Crippen molar-refractivity contribution in [3.05, 3.63) is 0 Å². The number of rotatable bonds is 28. The summed E-state index contributed by atoms with van der Waals surface area (Å²) in [5, 5.41) is 15.7. The number of hydrogen-bond acceptors (Lipinski definition) is 18. The predicted molar refractivity (Wildman–Crippen MR) is 244 cm³/mol. The van der Waals surface area contributed by atoms with Crippen LogP contribution in [0.15, 0.2) is 9.98 Å². The minimum absolute atomic E-state index is 0. The Morgan fingerprint density at radius 2 is 0.969 bits per heavy atom. The largest absolute Gasteiger partial charge is 0.466 e. The molecule has 0 bridgehead atoms. The van der Waals surface area contributed by atoms with E-state index in [0.717, 1.165) is 39.0 Å². The summed E-state index contributed by atoms with van der Waals surface area (Å²) >= 11 is 0. The number of carbonyl (C=O) groups is 8. The molecule has 14 N–H and O–H groups in total. The topological polar surface area (TPSA) is 369 Å². The molecule has 27 heteroatoms. The van der Waals surface area contributed by atoms with Crippen molar-refractivity contribution in [2.75, 3.05) is 119 Å². The highest BCUT2D eigenvalue weighted by molar-refractivity contribution is 6.08. The molecule has 0 saturated heterocycles. The smallest absolute Gasteiger partial charge is 0.318 e. The number of nitrogens with zero attached hydrogens (tertiary/aromatic N) is 6. The molecule has 2 heterocycles. The molecular formula is C38H73ClN16O10. The summed E-state index contributed by atoms with van der Waals surface area (Å²) in [5.74, 6) is -1.99. The quantitative estimate of drug-likeness (QED) is 0.0261. The molecule has 0 fully saturated rings. The molecule has 0 aromatic heterocycles. The molecule has 2 aliphatic rings. The second-order valence-corrected chi connectivity index (χ2v) is 14.5. The standard InChI is InChI=1S/2C19H36N8O5.ClH/c2*1-3-32-16(29)6-12-27(10-4-8-22-9-7-20)11-5-15(28)26(2)14-13-23-19(24-17(14)30)25-18(21)31;/h2*14,22H,3-13,20H2,1-2H3,(H4,21,23,24,25,30,31);1H. The van der Waals surface area contributed by atoms with E-state index in [9.17, 15) is 38.4 Å². The molecule has 0 aromatic rings. The molecule has 372 valence electrons. The van der Waals surface area contributed by atoms with Crippen LogP contribution in [0.25, 0.3) is 0 Å². The van der Waals surface area contributed by atoms with Crippen molar-refractivity contribution >= 4 is 72.0 Å². The van der Waals surface area contributed by atoms with Crippen LogP contribution in [-0.4, -0.2) is 210 Å². The molecule has 2 unspecified atom stereocenters. The summed E-state index contributed by atoms with van der Waals surface area (Å²) in [6, 6.07) is -3.25. The van der Waals surface area contributed by atoms with Crippen LogP contribution in [0.5, 0.6) is 0 Å². The van der Waals surface area contributed by atoms with E-state index in [2.05, 4.69) is 41.9 Å². The van der Waals surface area contributed by atoms with E-state index in [1.165, 1.54) is 23.9 Å². The zero-order chi connectivity index (χ0) is 47.9. The Morgan fingerprint density at radius 1 is 0.615 bits per heavy atom. The van der Waals surface area contributed by atoms with Gasteiger partial charge in [-0.25, -0.2) is 19.6 Å². The van der Waals surface area contributed by atoms with Gasteiger partial charge in [-0.1, -0.05) is 0 Å². The van der Waals surface area contributed by atoms with Gasteiger partial charge >= 0.3 is 24.0 Å². The fourth-order valence-electron chi connectivity index (χ4n) is 6.13. The number of carbonyl (C=O) groups excluding carboxylic acids is 8. The Bertz CT molecular complexity index is 1460. The van der Waals surface area contributed by atoms with Gasteiger partial charge in [-0.15, -0.1) is 12.4 Å². The van der Waals surface area contributed by atoms with Crippen molar-refractivity contribution in [3.63, 3.8) is 0 Å². The Morgan fingerprint density at radius 3 is 1.28 bits per heavy atom. The van der Waals surface area contributed by atoms with E-state index in [0.29, 0.717) is 65.6 Å². The minimum atomic E-state index is -0.840. The van der Waals surface area contributed by atoms with E-state index in [-0.39, 0.29) is 86.9 Å². The number of guanidine groups is 2. The molecule has 0 saturated carbocycles. The maximum Gasteiger partial charge on any atom is 0.318 e. The summed E-state index contributed by atoms with van der Waals surface area (Å²) < 4.78 is 9.96. The maximum atomic E-state index is 12.7. The van der Waals surface area contributed by atoms with Gasteiger partial charge < -0.3 is 62.6 Å². The number of urea groups is 2. The highest BCUT2D eigenvalue weighted by Gasteiger charge is 2.32. The third kappa shape index (κ3) is 26.3. The van der Waals surface area contributed by atoms with E-state index in [4.69, 9.17) is 32.4 Å². The van der Waals surface area contributed by atoms with Crippen molar-refractivity contribution in [1.29, 1.82) is 0 Å². The van der Waals surface area contributed by atoms with Crippen LogP contribution in [0.3, 0.4) is 0 Å². The van der Waals surface area contributed by atoms with E-state index in [1.54, 1.807) is 13.8 Å². The highest BCUT2D eigenvalue weighted by Crippen LogP contribution is 2.08. The Balaban J connectivity index is 0.00000124. The lowest BCUT2D eigenvalue weighted by Gasteiger charge is -2.30. The zero-order valence-electron chi connectivity index (χ0n) is 38.2. The highest BCUT2D eigenvalue weighted by atomic mass is 35.5. The average molecular weight is 950 g/mol. The lowest BCUT2D eigenvalue weighted by atomic mass is 10.2. The van der Waals surface area contributed by atoms with Crippen LogP contribution in [0.2, 0.25) is 0 Å². The molecule has 2 rings (SSSR count). The number of amides is 8. The molecule has 8 amide bonds. The van der Waals surface area contributed by atoms with Gasteiger partial charge in [-0.2, -0.15) is 0 Å². The number of nitrogens with two attached hydrogens (primary N) is 4. The van der Waals surface area contributed by atoms with Gasteiger partial charge in [0, 0.05) is 79.3 Å². The number of likely N-dealkylation sites (N-methyl/N-ethyl adjacent to an activating group) is 2. The van der Waals surface area contributed by atoms with Gasteiger partial charge in [0.05, 0.1) is 39.1 Å². The van der Waals surface area contributed by atoms with E-state index in [1.807, 2.05) is 9.80 Å². The average Bonchev–Trinajstić information content (AvgIpc) is 3.24. The van der Waals surface area contributed by atoms with Crippen LogP contribution < -0.4 is 54.8 Å². The molecule has 65 heavy (non-hydrogen) atoms. The van der Waals surface area contributed by atoms with Crippen molar-refractivity contribution < 1.29 is 47.8 Å². The van der Waals surface area contributed by atoms with Crippen molar-refractivity contribution in [2.24, 2.45) is 32.9 Å². The van der Waals surface area contributed by atoms with Gasteiger partial charge in [-0.05, 0) is 52.9 Å². The molecule has 2 atom stereocenters. The fraction of sp³-hybridized carbons (Fsp3) is 0.737. The SMILES string of the molecule is CCOC(=O)CCN(CCCNCCN)CCC(=O)N(C)C1CN=C(NC(N)=O)NC1=O.CCOC(=O)CCN(CCCNCCN)CCC(=O)N(C)C1CN=C(NC(N)=O)NC1=O.Cl. The Kier molecular flexibility index (Phi) is 32.2. The van der Waals surface area contributed by atoms with Crippen LogP contribution in [0.4, 0.5) is 9.59 Å². The first-order valence-corrected chi connectivity index (χ1v) is 21.5. The molecule has 0 radical (unpaired) electrons. The monoisotopic (exact) mass is 949 g/mol. The first-order valence-electron chi connectivity index (χ1n) is 21.5. The number of aliphatic imine (C=N–C) groups is 2. The summed E-state index contributed by atoms with van der Waals surface area (Å²) in [6.45, 7) is 11.6. The van der Waals surface area contributed by atoms with Gasteiger partial charge in [0.1, 0.15) is 12.1 Å². The molecule has 26 nitrogen and oxygen atoms in total. The summed E-state index contributed by atoms with van der Waals surface area (Å²) in [5.41, 5.74) is 20.9. The Hall–Kier alpha value is -5.25. The van der Waals surface area contributed by atoms with E-state index >= 15 is 0 Å². The van der Waals surface area contributed by atoms with Crippen LogP contribution >= 0.6 is 12.4 Å². The Labute approximate surface area is 386 Å². The second kappa shape index (κ2) is 35.1. The number of nitrogens with one attached hydrogen (secondary N) is 6. The summed E-state index contributed by atoms with van der Waals surface area (Å²) in [7, 11) is 3.07. The molecule has 0 aromatic carbocycles. The normalized spacial score (nSPS) is 15.4. The summed E-state index contributed by atoms with van der Waals surface area (Å²) in [4.78, 5) is 110. The number of ether oxygens (including phenoxy) is 2. The van der Waals surface area contributed by atoms with Crippen molar-refractivity contribution in [2.45, 2.75) is 64.5 Å². The molecule has 0 aliphatic carbocycles. The van der Waals surface area contributed by atoms with E-state index < -0.39 is 36.0 Å². The fourth-order valence-corrected chi connectivity index (χ4v) is 6.13. The lowest BCUT2D eigenvalue weighted by Crippen LogP contribution is -2.58. The maximum absolute atomic E-state index is 12.7. The van der Waals surface area contributed by atoms with Crippen LogP contribution in [0.1, 0.15) is 52.4 Å². The molecule has 0 spiro atoms. The van der Waals surface area contributed by atoms with Crippen LogP contribution in [-0.2, 0) is 38.2 Å². The van der Waals surface area contributed by atoms with Gasteiger partial charge in [-0.3, -0.25) is 50.0 Å². The predicted octanol–water partition coefficient (Wildman–Crippen LogP) is -4.48. The van der Waals surface area contributed by atoms with Crippen molar-refractivity contribution in [1.82, 2.24) is 51.5 Å². The van der Waals surface area contributed by atoms with Gasteiger partial charge in [0.15, 0.2) is 0 Å². The number of hydrogen-bond donors (Lipinski definition) is 10. The number of primary amides is 2. The minimum Gasteiger partial charge on any atom is -0.466 e. The zero-order valence-corrected chi connectivity index (χ0v) is 39.0. The lowest BCUT2D eigenvalue weighted by molar-refractivity contribution is -0.144. The number of esters is 2. The summed E-state index contributed by atoms with van der Waals surface area (Å²) in [6.07, 6.45) is 2.50. The number of halogens is 1. The van der Waals surface area contributed by atoms with Crippen LogP contribution in [0, 0.1) is 0 Å². The van der Waals surface area contributed by atoms with Gasteiger partial charge in [0.2, 0.25) is 23.7 Å². The first kappa shape index (κ1) is 59.8. The van der Waals surface area contributed by atoms with Gasteiger partial charge in [0.25, 0.3) is 11.8 Å². The third-order valence-corrected chi connectivity index (χ3v) is 9.59. The molecular weight excluding hydrogens is 876 g/mol.